The fourth-order valence-corrected chi connectivity index (χ4v) is 1.31. The van der Waals surface area contributed by atoms with Gasteiger partial charge in [-0.2, -0.15) is 0 Å². The zero-order chi connectivity index (χ0) is 11.6. The maximum Gasteiger partial charge on any atom is 0.165 e. The summed E-state index contributed by atoms with van der Waals surface area (Å²) in [6.45, 7) is 5.46. The minimum Gasteiger partial charge on any atom is -0.494 e. The number of hydrogen-bond donors (Lipinski definition) is 1. The van der Waals surface area contributed by atoms with Gasteiger partial charge in [0.25, 0.3) is 0 Å². The molecule has 1 aromatic carbocycles. The van der Waals surface area contributed by atoms with Gasteiger partial charge in [0.2, 0.25) is 0 Å². The highest BCUT2D eigenvalue weighted by Gasteiger charge is 2.27. The smallest absolute Gasteiger partial charge is 0.165 e. The molecule has 0 heterocycles. The zero-order valence-electron chi connectivity index (χ0n) is 9.54. The molecule has 0 aromatic heterocycles. The molecule has 0 unspecified atom stereocenters. The molecule has 0 bridgehead atoms. The third kappa shape index (κ3) is 2.29. The second-order valence-corrected chi connectivity index (χ2v) is 4.15. The molecule has 0 spiro atoms. The molecule has 0 radical (unpaired) electrons. The summed E-state index contributed by atoms with van der Waals surface area (Å²) in [6.07, 6.45) is 0. The lowest BCUT2D eigenvalue weighted by Crippen LogP contribution is -2.28. The zero-order valence-corrected chi connectivity index (χ0v) is 9.54. The van der Waals surface area contributed by atoms with Crippen LogP contribution >= 0.6 is 0 Å². The molecule has 1 atom stereocenters. The standard InChI is InChI=1S/C12H17FO2/c1-8(2)12(3,14)9-5-6-11(15-4)10(13)7-9/h5-8,14H,1-4H3/t12-/m1/s1. The van der Waals surface area contributed by atoms with E-state index in [2.05, 4.69) is 0 Å². The van der Waals surface area contributed by atoms with Crippen LogP contribution < -0.4 is 4.74 Å². The largest absolute Gasteiger partial charge is 0.494 e. The summed E-state index contributed by atoms with van der Waals surface area (Å²) < 4.78 is 18.2. The van der Waals surface area contributed by atoms with Crippen molar-refractivity contribution in [3.63, 3.8) is 0 Å². The summed E-state index contributed by atoms with van der Waals surface area (Å²) in [4.78, 5) is 0. The molecule has 1 rings (SSSR count). The van der Waals surface area contributed by atoms with Crippen LogP contribution in [-0.4, -0.2) is 12.2 Å². The van der Waals surface area contributed by atoms with Crippen LogP contribution in [0.2, 0.25) is 0 Å². The highest BCUT2D eigenvalue weighted by Crippen LogP contribution is 2.31. The molecular formula is C12H17FO2. The molecule has 0 aliphatic carbocycles. The van der Waals surface area contributed by atoms with Crippen molar-refractivity contribution in [1.29, 1.82) is 0 Å². The Bertz CT molecular complexity index is 345. The lowest BCUT2D eigenvalue weighted by Gasteiger charge is -2.28. The van der Waals surface area contributed by atoms with Gasteiger partial charge in [-0.25, -0.2) is 4.39 Å². The van der Waals surface area contributed by atoms with Crippen molar-refractivity contribution in [3.8, 4) is 5.75 Å². The van der Waals surface area contributed by atoms with E-state index in [-0.39, 0.29) is 11.7 Å². The lowest BCUT2D eigenvalue weighted by atomic mass is 9.85. The summed E-state index contributed by atoms with van der Waals surface area (Å²) in [7, 11) is 1.42. The third-order valence-corrected chi connectivity index (χ3v) is 2.86. The van der Waals surface area contributed by atoms with Crippen LogP contribution in [0.5, 0.6) is 5.75 Å². The molecule has 1 N–H and O–H groups in total. The molecule has 2 nitrogen and oxygen atoms in total. The molecule has 0 aliphatic heterocycles. The van der Waals surface area contributed by atoms with E-state index in [1.54, 1.807) is 13.0 Å². The van der Waals surface area contributed by atoms with Crippen molar-refractivity contribution >= 4 is 0 Å². The summed E-state index contributed by atoms with van der Waals surface area (Å²) in [5.74, 6) is -0.237. The first-order chi connectivity index (χ1) is 6.89. The van der Waals surface area contributed by atoms with Gasteiger partial charge < -0.3 is 9.84 Å². The Morgan fingerprint density at radius 3 is 2.40 bits per heavy atom. The Balaban J connectivity index is 3.12. The highest BCUT2D eigenvalue weighted by molar-refractivity contribution is 5.32. The van der Waals surface area contributed by atoms with Crippen LogP contribution in [0.15, 0.2) is 18.2 Å². The van der Waals surface area contributed by atoms with Crippen LogP contribution in [0.4, 0.5) is 4.39 Å². The van der Waals surface area contributed by atoms with E-state index in [0.29, 0.717) is 5.56 Å². The second kappa shape index (κ2) is 4.19. The van der Waals surface area contributed by atoms with E-state index in [9.17, 15) is 9.50 Å². The van der Waals surface area contributed by atoms with E-state index in [4.69, 9.17) is 4.74 Å². The van der Waals surface area contributed by atoms with Gasteiger partial charge in [-0.1, -0.05) is 19.9 Å². The summed E-state index contributed by atoms with van der Waals surface area (Å²) in [6, 6.07) is 4.53. The van der Waals surface area contributed by atoms with E-state index in [1.165, 1.54) is 19.2 Å². The Kier molecular flexibility index (Phi) is 3.35. The van der Waals surface area contributed by atoms with E-state index < -0.39 is 11.4 Å². The monoisotopic (exact) mass is 212 g/mol. The average Bonchev–Trinajstić information content (AvgIpc) is 2.17. The first-order valence-electron chi connectivity index (χ1n) is 4.96. The van der Waals surface area contributed by atoms with Crippen molar-refractivity contribution in [2.75, 3.05) is 7.11 Å². The quantitative estimate of drug-likeness (QED) is 0.834. The van der Waals surface area contributed by atoms with Crippen molar-refractivity contribution in [3.05, 3.63) is 29.6 Å². The van der Waals surface area contributed by atoms with Crippen molar-refractivity contribution in [1.82, 2.24) is 0 Å². The molecule has 0 saturated heterocycles. The summed E-state index contributed by atoms with van der Waals surface area (Å²) in [5, 5.41) is 10.1. The van der Waals surface area contributed by atoms with Crippen molar-refractivity contribution < 1.29 is 14.2 Å². The molecular weight excluding hydrogens is 195 g/mol. The van der Waals surface area contributed by atoms with Gasteiger partial charge in [0, 0.05) is 0 Å². The van der Waals surface area contributed by atoms with Gasteiger partial charge in [-0.3, -0.25) is 0 Å². The predicted molar refractivity (Wildman–Crippen MR) is 57.4 cm³/mol. The Morgan fingerprint density at radius 2 is 2.00 bits per heavy atom. The first-order valence-corrected chi connectivity index (χ1v) is 4.96. The first kappa shape index (κ1) is 12.0. The Morgan fingerprint density at radius 1 is 1.40 bits per heavy atom. The van der Waals surface area contributed by atoms with E-state index in [0.717, 1.165) is 0 Å². The van der Waals surface area contributed by atoms with E-state index >= 15 is 0 Å². The van der Waals surface area contributed by atoms with Gasteiger partial charge in [-0.05, 0) is 30.5 Å². The lowest BCUT2D eigenvalue weighted by molar-refractivity contribution is 0.00872. The number of hydrogen-bond acceptors (Lipinski definition) is 2. The molecule has 0 aliphatic rings. The minimum absolute atomic E-state index is 0.0188. The maximum absolute atomic E-state index is 13.4. The number of benzene rings is 1. The van der Waals surface area contributed by atoms with Gasteiger partial charge in [0.1, 0.15) is 0 Å². The predicted octanol–water partition coefficient (Wildman–Crippen LogP) is 2.70. The molecule has 0 amide bonds. The number of halogens is 1. The maximum atomic E-state index is 13.4. The van der Waals surface area contributed by atoms with Crippen LogP contribution in [0.1, 0.15) is 26.3 Å². The number of ether oxygens (including phenoxy) is 1. The Hall–Kier alpha value is -1.09. The molecule has 0 saturated carbocycles. The van der Waals surface area contributed by atoms with Crippen LogP contribution in [0.25, 0.3) is 0 Å². The van der Waals surface area contributed by atoms with Gasteiger partial charge in [0.15, 0.2) is 11.6 Å². The summed E-state index contributed by atoms with van der Waals surface area (Å²) >= 11 is 0. The van der Waals surface area contributed by atoms with Crippen LogP contribution in [0.3, 0.4) is 0 Å². The fraction of sp³-hybridized carbons (Fsp3) is 0.500. The van der Waals surface area contributed by atoms with Crippen molar-refractivity contribution in [2.24, 2.45) is 5.92 Å². The number of methoxy groups -OCH3 is 1. The number of aliphatic hydroxyl groups is 1. The van der Waals surface area contributed by atoms with Gasteiger partial charge in [0.05, 0.1) is 12.7 Å². The minimum atomic E-state index is -1.02. The van der Waals surface area contributed by atoms with Crippen LogP contribution in [-0.2, 0) is 5.60 Å². The fourth-order valence-electron chi connectivity index (χ4n) is 1.31. The molecule has 0 fully saturated rings. The molecule has 1 aromatic rings. The van der Waals surface area contributed by atoms with Gasteiger partial charge >= 0.3 is 0 Å². The van der Waals surface area contributed by atoms with Gasteiger partial charge in [-0.15, -0.1) is 0 Å². The SMILES string of the molecule is COc1ccc([C@](C)(O)C(C)C)cc1F. The molecule has 84 valence electrons. The van der Waals surface area contributed by atoms with Crippen molar-refractivity contribution in [2.45, 2.75) is 26.4 Å². The van der Waals surface area contributed by atoms with Crippen LogP contribution in [0, 0.1) is 11.7 Å². The number of rotatable bonds is 3. The summed E-state index contributed by atoms with van der Waals surface area (Å²) in [5.41, 5.74) is -0.455. The Labute approximate surface area is 89.7 Å². The topological polar surface area (TPSA) is 29.5 Å². The molecule has 15 heavy (non-hydrogen) atoms. The van der Waals surface area contributed by atoms with E-state index in [1.807, 2.05) is 13.8 Å². The normalized spacial score (nSPS) is 15.1. The second-order valence-electron chi connectivity index (χ2n) is 4.15. The third-order valence-electron chi connectivity index (χ3n) is 2.86. The molecule has 3 heteroatoms. The average molecular weight is 212 g/mol. The highest BCUT2D eigenvalue weighted by atomic mass is 19.1.